The highest BCUT2D eigenvalue weighted by Gasteiger charge is 2.40. The summed E-state index contributed by atoms with van der Waals surface area (Å²) in [4.78, 5) is 40.9. The SMILES string of the molecule is COc1ccccc1NN1C(=O)c2[nH]c3cc(Cl)ccc3c(=O)c2C1=O. The van der Waals surface area contributed by atoms with E-state index in [2.05, 4.69) is 10.4 Å². The number of hydrogen-bond donors (Lipinski definition) is 2. The lowest BCUT2D eigenvalue weighted by Crippen LogP contribution is -2.36. The van der Waals surface area contributed by atoms with Crippen LogP contribution >= 0.6 is 11.6 Å². The number of hydrogen-bond acceptors (Lipinski definition) is 5. The molecule has 0 fully saturated rings. The normalized spacial score (nSPS) is 13.2. The highest BCUT2D eigenvalue weighted by atomic mass is 35.5. The largest absolute Gasteiger partial charge is 0.495 e. The number of para-hydroxylation sites is 2. The molecule has 3 aromatic rings. The maximum atomic E-state index is 12.7. The molecular weight excluding hydrogens is 358 g/mol. The van der Waals surface area contributed by atoms with Crippen molar-refractivity contribution in [2.24, 2.45) is 0 Å². The van der Waals surface area contributed by atoms with Crippen LogP contribution in [0.25, 0.3) is 10.9 Å². The Kier molecular flexibility index (Phi) is 3.66. The Morgan fingerprint density at radius 2 is 1.85 bits per heavy atom. The number of anilines is 1. The number of benzene rings is 2. The number of nitrogens with zero attached hydrogens (tertiary/aromatic N) is 1. The number of fused-ring (bicyclic) bond motifs is 2. The third-order valence-corrected chi connectivity index (χ3v) is 4.37. The Balaban J connectivity index is 1.82. The van der Waals surface area contributed by atoms with Gasteiger partial charge in [0.2, 0.25) is 5.43 Å². The van der Waals surface area contributed by atoms with Crippen LogP contribution in [0.3, 0.4) is 0 Å². The molecule has 0 spiro atoms. The van der Waals surface area contributed by atoms with Crippen molar-refractivity contribution in [3.05, 3.63) is 69.0 Å². The van der Waals surface area contributed by atoms with Crippen molar-refractivity contribution in [1.29, 1.82) is 0 Å². The summed E-state index contributed by atoms with van der Waals surface area (Å²) in [7, 11) is 1.48. The second-order valence-electron chi connectivity index (χ2n) is 5.65. The Bertz CT molecular complexity index is 1140. The molecule has 0 aliphatic carbocycles. The summed E-state index contributed by atoms with van der Waals surface area (Å²) in [6.07, 6.45) is 0. The van der Waals surface area contributed by atoms with Gasteiger partial charge in [-0.15, -0.1) is 0 Å². The number of aromatic amines is 1. The first-order valence-electron chi connectivity index (χ1n) is 7.65. The number of aromatic nitrogens is 1. The molecule has 0 bridgehead atoms. The van der Waals surface area contributed by atoms with Gasteiger partial charge in [0.15, 0.2) is 0 Å². The smallest absolute Gasteiger partial charge is 0.297 e. The first-order valence-corrected chi connectivity index (χ1v) is 8.03. The van der Waals surface area contributed by atoms with Crippen molar-refractivity contribution in [3.63, 3.8) is 0 Å². The van der Waals surface area contributed by atoms with Gasteiger partial charge in [0.1, 0.15) is 17.0 Å². The molecule has 7 nitrogen and oxygen atoms in total. The number of rotatable bonds is 3. The molecule has 0 saturated carbocycles. The van der Waals surface area contributed by atoms with Gasteiger partial charge in [-0.2, -0.15) is 5.01 Å². The predicted octanol–water partition coefficient (Wildman–Crippen LogP) is 2.81. The molecule has 1 aromatic heterocycles. The van der Waals surface area contributed by atoms with Gasteiger partial charge in [-0.1, -0.05) is 23.7 Å². The van der Waals surface area contributed by atoms with Crippen LogP contribution in [-0.2, 0) is 0 Å². The van der Waals surface area contributed by atoms with Crippen molar-refractivity contribution < 1.29 is 14.3 Å². The maximum absolute atomic E-state index is 12.7. The van der Waals surface area contributed by atoms with E-state index in [-0.39, 0.29) is 16.6 Å². The number of nitrogens with one attached hydrogen (secondary N) is 2. The fourth-order valence-electron chi connectivity index (χ4n) is 2.90. The van der Waals surface area contributed by atoms with Gasteiger partial charge in [-0.3, -0.25) is 19.8 Å². The van der Waals surface area contributed by atoms with Gasteiger partial charge in [-0.25, -0.2) is 0 Å². The Morgan fingerprint density at radius 3 is 2.62 bits per heavy atom. The van der Waals surface area contributed by atoms with E-state index in [4.69, 9.17) is 16.3 Å². The van der Waals surface area contributed by atoms with E-state index >= 15 is 0 Å². The minimum absolute atomic E-state index is 0.0721. The second-order valence-corrected chi connectivity index (χ2v) is 6.09. The molecule has 0 unspecified atom stereocenters. The molecule has 1 aliphatic heterocycles. The first kappa shape index (κ1) is 16.2. The van der Waals surface area contributed by atoms with E-state index in [0.29, 0.717) is 22.0 Å². The zero-order chi connectivity index (χ0) is 18.4. The Labute approximate surface area is 152 Å². The van der Waals surface area contributed by atoms with Crippen molar-refractivity contribution in [1.82, 2.24) is 9.99 Å². The van der Waals surface area contributed by atoms with Crippen molar-refractivity contribution >= 4 is 40.0 Å². The first-order chi connectivity index (χ1) is 12.5. The predicted molar refractivity (Wildman–Crippen MR) is 96.7 cm³/mol. The Hall–Kier alpha value is -3.32. The number of methoxy groups -OCH3 is 1. The summed E-state index contributed by atoms with van der Waals surface area (Å²) in [6, 6.07) is 11.4. The molecule has 1 aliphatic rings. The van der Waals surface area contributed by atoms with E-state index in [0.717, 1.165) is 5.01 Å². The molecule has 0 radical (unpaired) electrons. The average molecular weight is 370 g/mol. The molecule has 2 aromatic carbocycles. The highest BCUT2D eigenvalue weighted by Crippen LogP contribution is 2.28. The number of ether oxygens (including phenoxy) is 1. The maximum Gasteiger partial charge on any atom is 0.297 e. The van der Waals surface area contributed by atoms with Gasteiger partial charge in [0, 0.05) is 10.4 Å². The van der Waals surface area contributed by atoms with Crippen LogP contribution in [0, 0.1) is 0 Å². The van der Waals surface area contributed by atoms with E-state index in [1.807, 2.05) is 0 Å². The van der Waals surface area contributed by atoms with Crippen LogP contribution in [0.4, 0.5) is 5.69 Å². The quantitative estimate of drug-likeness (QED) is 0.693. The highest BCUT2D eigenvalue weighted by molar-refractivity contribution is 6.31. The molecule has 130 valence electrons. The molecule has 8 heteroatoms. The van der Waals surface area contributed by atoms with Crippen LogP contribution in [-0.4, -0.2) is 28.9 Å². The number of halogens is 1. The number of pyridine rings is 1. The lowest BCUT2D eigenvalue weighted by atomic mass is 10.1. The van der Waals surface area contributed by atoms with Gasteiger partial charge in [0.05, 0.1) is 18.3 Å². The molecule has 2 amide bonds. The number of hydrazine groups is 1. The molecule has 4 rings (SSSR count). The third kappa shape index (κ3) is 2.33. The molecule has 2 heterocycles. The van der Waals surface area contributed by atoms with Crippen LogP contribution in [0.15, 0.2) is 47.3 Å². The molecule has 2 N–H and O–H groups in total. The van der Waals surface area contributed by atoms with E-state index in [1.165, 1.54) is 19.2 Å². The number of carbonyl (C=O) groups excluding carboxylic acids is 2. The summed E-state index contributed by atoms with van der Waals surface area (Å²) >= 11 is 5.95. The summed E-state index contributed by atoms with van der Waals surface area (Å²) in [5.74, 6) is -0.934. The molecule has 0 atom stereocenters. The zero-order valence-corrected chi connectivity index (χ0v) is 14.3. The number of amides is 2. The fraction of sp³-hybridized carbons (Fsp3) is 0.0556. The third-order valence-electron chi connectivity index (χ3n) is 4.14. The van der Waals surface area contributed by atoms with Crippen LogP contribution in [0.5, 0.6) is 5.75 Å². The monoisotopic (exact) mass is 369 g/mol. The lowest BCUT2D eigenvalue weighted by molar-refractivity contribution is 0.0689. The summed E-state index contributed by atoms with van der Waals surface area (Å²) in [5.41, 5.74) is 2.74. The second kappa shape index (κ2) is 5.89. The number of imide groups is 1. The van der Waals surface area contributed by atoms with Crippen molar-refractivity contribution in [2.75, 3.05) is 12.5 Å². The van der Waals surface area contributed by atoms with Gasteiger partial charge in [-0.05, 0) is 30.3 Å². The summed E-state index contributed by atoms with van der Waals surface area (Å²) in [6.45, 7) is 0. The fourth-order valence-corrected chi connectivity index (χ4v) is 3.07. The van der Waals surface area contributed by atoms with E-state index in [9.17, 15) is 14.4 Å². The standard InChI is InChI=1S/C18H12ClN3O4/c1-26-13-5-3-2-4-11(13)21-22-17(24)14-15(18(22)25)20-12-8-9(19)6-7-10(12)16(14)23/h2-8,21H,1H3,(H,20,23). The molecule has 26 heavy (non-hydrogen) atoms. The minimum Gasteiger partial charge on any atom is -0.495 e. The van der Waals surface area contributed by atoms with Crippen LogP contribution in [0.1, 0.15) is 20.8 Å². The summed E-state index contributed by atoms with van der Waals surface area (Å²) < 4.78 is 5.21. The molecule has 0 saturated heterocycles. The van der Waals surface area contributed by atoms with Gasteiger partial charge in [0.25, 0.3) is 11.8 Å². The number of H-pyrrole nitrogens is 1. The summed E-state index contributed by atoms with van der Waals surface area (Å²) in [5, 5.41) is 1.49. The Morgan fingerprint density at radius 1 is 1.08 bits per heavy atom. The van der Waals surface area contributed by atoms with Crippen LogP contribution < -0.4 is 15.6 Å². The van der Waals surface area contributed by atoms with E-state index in [1.54, 1.807) is 30.3 Å². The van der Waals surface area contributed by atoms with Crippen molar-refractivity contribution in [3.8, 4) is 5.75 Å². The van der Waals surface area contributed by atoms with Crippen LogP contribution in [0.2, 0.25) is 5.02 Å². The van der Waals surface area contributed by atoms with E-state index < -0.39 is 17.2 Å². The van der Waals surface area contributed by atoms with Crippen molar-refractivity contribution in [2.45, 2.75) is 0 Å². The van der Waals surface area contributed by atoms with Gasteiger partial charge >= 0.3 is 0 Å². The zero-order valence-electron chi connectivity index (χ0n) is 13.5. The number of carbonyl (C=O) groups is 2. The topological polar surface area (TPSA) is 91.5 Å². The average Bonchev–Trinajstić information content (AvgIpc) is 2.87. The minimum atomic E-state index is -0.728. The van der Waals surface area contributed by atoms with Gasteiger partial charge < -0.3 is 9.72 Å². The molecular formula is C18H12ClN3O4. The lowest BCUT2D eigenvalue weighted by Gasteiger charge is -2.18.